The van der Waals surface area contributed by atoms with Crippen molar-refractivity contribution in [3.63, 3.8) is 0 Å². The number of non-ortho nitro benzene ring substituents is 2. The summed E-state index contributed by atoms with van der Waals surface area (Å²) in [4.78, 5) is 91.3. The lowest BCUT2D eigenvalue weighted by atomic mass is 9.81. The number of fused-ring (bicyclic) bond motifs is 2. The van der Waals surface area contributed by atoms with Gasteiger partial charge in [-0.15, -0.1) is 0 Å². The number of rotatable bonds is 10. The van der Waals surface area contributed by atoms with E-state index in [1.165, 1.54) is 0 Å². The first-order valence-electron chi connectivity index (χ1n) is 12.6. The summed E-state index contributed by atoms with van der Waals surface area (Å²) in [6.07, 6.45) is 0. The molecule has 0 aromatic heterocycles. The quantitative estimate of drug-likeness (QED) is 0.132. The number of hydrogen-bond donors (Lipinski definition) is 0. The van der Waals surface area contributed by atoms with Gasteiger partial charge in [-0.1, -0.05) is 0 Å². The zero-order valence-electron chi connectivity index (χ0n) is 23.0. The van der Waals surface area contributed by atoms with E-state index in [9.17, 15) is 70.3 Å². The van der Waals surface area contributed by atoms with Gasteiger partial charge in [0.1, 0.15) is 22.6 Å². The van der Waals surface area contributed by atoms with Crippen molar-refractivity contribution >= 4 is 45.7 Å². The van der Waals surface area contributed by atoms with E-state index in [1.807, 2.05) is 0 Å². The molecule has 0 unspecified atom stereocenters. The Morgan fingerprint density at radius 2 is 0.688 bits per heavy atom. The van der Waals surface area contributed by atoms with E-state index in [0.29, 0.717) is 24.3 Å². The molecule has 22 heteroatoms. The maximum Gasteiger partial charge on any atom is 0.318 e. The lowest BCUT2D eigenvalue weighted by molar-refractivity contribution is -0.394. The minimum absolute atomic E-state index is 0.516. The van der Waals surface area contributed by atoms with Crippen molar-refractivity contribution in [2.75, 3.05) is 0 Å². The van der Waals surface area contributed by atoms with Gasteiger partial charge in [0.2, 0.25) is 23.1 Å². The van der Waals surface area contributed by atoms with Gasteiger partial charge in [0.25, 0.3) is 22.7 Å². The van der Waals surface area contributed by atoms with Gasteiger partial charge in [0, 0.05) is 24.3 Å². The van der Waals surface area contributed by atoms with E-state index >= 15 is 0 Å². The van der Waals surface area contributed by atoms with E-state index in [0.717, 1.165) is 36.4 Å². The Labute approximate surface area is 261 Å². The van der Waals surface area contributed by atoms with Crippen molar-refractivity contribution in [1.82, 2.24) is 0 Å². The molecule has 22 nitrogen and oxygen atoms in total. The number of ether oxygens (including phenoxy) is 2. The summed E-state index contributed by atoms with van der Waals surface area (Å²) in [5.74, 6) is -5.81. The van der Waals surface area contributed by atoms with Crippen LogP contribution in [-0.4, -0.2) is 41.1 Å². The molecule has 240 valence electrons. The maximum absolute atomic E-state index is 14.1. The summed E-state index contributed by atoms with van der Waals surface area (Å²) in [5, 5.41) is 69.5. The standard InChI is InChI=1S/C26H10N6O16/c33-25-21-13(29(39)40)3-7-19(47-17-5-1-11(27(35)36)9-15(17)31(43)44)23(21)26(34)24-20(8-4-14(22(24)25)30(41)42)48-18-6-2-12(28(37)38)10-16(18)32(45)46/h1-10H. The predicted molar refractivity (Wildman–Crippen MR) is 153 cm³/mol. The van der Waals surface area contributed by atoms with Crippen LogP contribution in [0.3, 0.4) is 0 Å². The molecule has 0 aliphatic heterocycles. The fourth-order valence-corrected chi connectivity index (χ4v) is 4.71. The largest absolute Gasteiger partial charge is 0.449 e. The summed E-state index contributed by atoms with van der Waals surface area (Å²) < 4.78 is 11.0. The van der Waals surface area contributed by atoms with Crippen LogP contribution in [0.25, 0.3) is 0 Å². The van der Waals surface area contributed by atoms with Crippen molar-refractivity contribution in [2.45, 2.75) is 0 Å². The Kier molecular flexibility index (Phi) is 7.66. The number of benzene rings is 4. The summed E-state index contributed by atoms with van der Waals surface area (Å²) in [6, 6.07) is 7.09. The highest BCUT2D eigenvalue weighted by molar-refractivity contribution is 6.32. The molecule has 0 saturated carbocycles. The van der Waals surface area contributed by atoms with Gasteiger partial charge in [-0.3, -0.25) is 70.3 Å². The third-order valence-corrected chi connectivity index (χ3v) is 6.73. The van der Waals surface area contributed by atoms with Gasteiger partial charge < -0.3 is 9.47 Å². The average Bonchev–Trinajstić information content (AvgIpc) is 3.02. The van der Waals surface area contributed by atoms with Crippen LogP contribution in [0.1, 0.15) is 31.8 Å². The molecule has 1 aliphatic rings. The van der Waals surface area contributed by atoms with Gasteiger partial charge in [-0.05, 0) is 24.3 Å². The second-order valence-electron chi connectivity index (χ2n) is 9.37. The average molecular weight is 662 g/mol. The molecule has 0 fully saturated rings. The van der Waals surface area contributed by atoms with E-state index in [2.05, 4.69) is 0 Å². The molecule has 4 aromatic rings. The number of hydrogen-bond acceptors (Lipinski definition) is 16. The topological polar surface area (TPSA) is 311 Å². The molecule has 0 bridgehead atoms. The van der Waals surface area contributed by atoms with Crippen LogP contribution in [-0.2, 0) is 0 Å². The smallest absolute Gasteiger partial charge is 0.318 e. The minimum atomic E-state index is -1.48. The zero-order chi connectivity index (χ0) is 35.2. The highest BCUT2D eigenvalue weighted by Crippen LogP contribution is 2.47. The first kappa shape index (κ1) is 31.6. The van der Waals surface area contributed by atoms with Crippen LogP contribution in [0.5, 0.6) is 23.0 Å². The fraction of sp³-hybridized carbons (Fsp3) is 0. The summed E-state index contributed by atoms with van der Waals surface area (Å²) >= 11 is 0. The van der Waals surface area contributed by atoms with Crippen molar-refractivity contribution in [1.29, 1.82) is 0 Å². The Bertz CT molecular complexity index is 2060. The first-order valence-corrected chi connectivity index (χ1v) is 12.6. The van der Waals surface area contributed by atoms with Gasteiger partial charge in [-0.2, -0.15) is 0 Å². The Hall–Kier alpha value is -7.78. The van der Waals surface area contributed by atoms with Gasteiger partial charge >= 0.3 is 11.4 Å². The van der Waals surface area contributed by atoms with Crippen molar-refractivity contribution < 1.29 is 48.6 Å². The van der Waals surface area contributed by atoms with Gasteiger partial charge in [0.05, 0.1) is 52.8 Å². The second kappa shape index (κ2) is 11.6. The third-order valence-electron chi connectivity index (χ3n) is 6.73. The van der Waals surface area contributed by atoms with E-state index in [4.69, 9.17) is 9.47 Å². The monoisotopic (exact) mass is 662 g/mol. The second-order valence-corrected chi connectivity index (χ2v) is 9.37. The summed E-state index contributed by atoms with van der Waals surface area (Å²) in [5.41, 5.74) is -9.42. The number of nitro benzene ring substituents is 6. The predicted octanol–water partition coefficient (Wildman–Crippen LogP) is 5.50. The minimum Gasteiger partial charge on any atom is -0.449 e. The van der Waals surface area contributed by atoms with Crippen LogP contribution < -0.4 is 9.47 Å². The van der Waals surface area contributed by atoms with Gasteiger partial charge in [-0.25, -0.2) is 0 Å². The number of carbonyl (C=O) groups is 2. The number of carbonyl (C=O) groups excluding carboxylic acids is 2. The highest BCUT2D eigenvalue weighted by Gasteiger charge is 2.44. The molecule has 5 rings (SSSR count). The molecule has 0 heterocycles. The molecule has 0 N–H and O–H groups in total. The molecule has 0 amide bonds. The van der Waals surface area contributed by atoms with Crippen LogP contribution in [0.15, 0.2) is 60.7 Å². The Morgan fingerprint density at radius 1 is 0.375 bits per heavy atom. The zero-order valence-corrected chi connectivity index (χ0v) is 23.0. The molecular formula is C26H10N6O16. The highest BCUT2D eigenvalue weighted by atomic mass is 16.6. The third kappa shape index (κ3) is 5.27. The summed E-state index contributed by atoms with van der Waals surface area (Å²) in [7, 11) is 0. The van der Waals surface area contributed by atoms with Crippen molar-refractivity contribution in [3.05, 3.63) is 144 Å². The lowest BCUT2D eigenvalue weighted by Crippen LogP contribution is -2.25. The fourth-order valence-electron chi connectivity index (χ4n) is 4.71. The first-order chi connectivity index (χ1) is 22.6. The van der Waals surface area contributed by atoms with E-state index in [1.54, 1.807) is 0 Å². The van der Waals surface area contributed by atoms with Crippen LogP contribution >= 0.6 is 0 Å². The maximum atomic E-state index is 14.1. The van der Waals surface area contributed by atoms with E-state index in [-0.39, 0.29) is 0 Å². The van der Waals surface area contributed by atoms with Crippen LogP contribution in [0.2, 0.25) is 0 Å². The molecule has 0 spiro atoms. The number of nitro groups is 6. The van der Waals surface area contributed by atoms with Gasteiger partial charge in [0.15, 0.2) is 0 Å². The molecule has 4 aromatic carbocycles. The molecule has 48 heavy (non-hydrogen) atoms. The molecule has 0 radical (unpaired) electrons. The Balaban J connectivity index is 1.76. The van der Waals surface area contributed by atoms with Crippen molar-refractivity contribution in [2.24, 2.45) is 0 Å². The van der Waals surface area contributed by atoms with Crippen LogP contribution in [0.4, 0.5) is 34.1 Å². The Morgan fingerprint density at radius 3 is 1.00 bits per heavy atom. The number of nitrogens with zero attached hydrogens (tertiary/aromatic N) is 6. The van der Waals surface area contributed by atoms with E-state index < -0.39 is 120 Å². The summed E-state index contributed by atoms with van der Waals surface area (Å²) in [6.45, 7) is 0. The lowest BCUT2D eigenvalue weighted by Gasteiger charge is -2.22. The molecule has 0 saturated heterocycles. The normalized spacial score (nSPS) is 11.6. The van der Waals surface area contributed by atoms with Crippen molar-refractivity contribution in [3.8, 4) is 23.0 Å². The SMILES string of the molecule is O=C1c2c(Oc3ccc([N+](=O)[O-])cc3[N+](=O)[O-])ccc([N+](=O)[O-])c2C(=O)c2c([N+](=O)[O-])ccc(Oc3ccc([N+](=O)[O-])cc3[N+](=O)[O-])c21. The molecule has 1 aliphatic carbocycles. The number of ketones is 2. The molecule has 0 atom stereocenters. The molecular weight excluding hydrogens is 652 g/mol. The van der Waals surface area contributed by atoms with Crippen LogP contribution in [0, 0.1) is 60.7 Å².